The van der Waals surface area contributed by atoms with Crippen LogP contribution in [0.5, 0.6) is 0 Å². The highest BCUT2D eigenvalue weighted by Crippen LogP contribution is 2.21. The number of methoxy groups -OCH3 is 1. The average Bonchev–Trinajstić information content (AvgIpc) is 2.45. The van der Waals surface area contributed by atoms with E-state index in [9.17, 15) is 13.2 Å². The highest BCUT2D eigenvalue weighted by atomic mass is 32.2. The number of rotatable bonds is 7. The molecule has 0 radical (unpaired) electrons. The molecule has 0 aliphatic rings. The molecule has 21 heavy (non-hydrogen) atoms. The summed E-state index contributed by atoms with van der Waals surface area (Å²) in [5, 5.41) is 3.05. The van der Waals surface area contributed by atoms with Crippen LogP contribution in [0, 0.1) is 13.8 Å². The highest BCUT2D eigenvalue weighted by Gasteiger charge is 2.22. The molecule has 0 saturated heterocycles. The van der Waals surface area contributed by atoms with Gasteiger partial charge in [0.1, 0.15) is 0 Å². The standard InChI is InChI=1S/C15H23NO4S/c1-11-5-6-12(2)13(9-11)14(16-3)10-21(18,19)8-7-15(17)20-4/h5-6,9,14,16H,7-8,10H2,1-4H3. The summed E-state index contributed by atoms with van der Waals surface area (Å²) in [5.41, 5.74) is 3.10. The number of carbonyl (C=O) groups excluding carboxylic acids is 1. The third-order valence-electron chi connectivity index (χ3n) is 3.42. The van der Waals surface area contributed by atoms with Crippen molar-refractivity contribution in [2.75, 3.05) is 25.7 Å². The van der Waals surface area contributed by atoms with Crippen molar-refractivity contribution < 1.29 is 17.9 Å². The van der Waals surface area contributed by atoms with E-state index in [2.05, 4.69) is 10.1 Å². The molecule has 0 aliphatic heterocycles. The molecule has 0 aliphatic carbocycles. The second kappa shape index (κ2) is 7.56. The van der Waals surface area contributed by atoms with Crippen molar-refractivity contribution in [3.05, 3.63) is 34.9 Å². The Morgan fingerprint density at radius 2 is 2.00 bits per heavy atom. The van der Waals surface area contributed by atoms with E-state index in [1.54, 1.807) is 7.05 Å². The molecule has 1 rings (SSSR count). The molecule has 0 heterocycles. The van der Waals surface area contributed by atoms with Crippen LogP contribution in [-0.2, 0) is 19.4 Å². The van der Waals surface area contributed by atoms with Gasteiger partial charge in [-0.3, -0.25) is 4.79 Å². The molecule has 118 valence electrons. The van der Waals surface area contributed by atoms with E-state index >= 15 is 0 Å². The molecule has 1 aromatic carbocycles. The van der Waals surface area contributed by atoms with Crippen LogP contribution in [0.3, 0.4) is 0 Å². The first-order valence-corrected chi connectivity index (χ1v) is 8.63. The van der Waals surface area contributed by atoms with Crippen LogP contribution in [0.15, 0.2) is 18.2 Å². The van der Waals surface area contributed by atoms with Crippen LogP contribution in [0.1, 0.15) is 29.2 Å². The highest BCUT2D eigenvalue weighted by molar-refractivity contribution is 7.91. The topological polar surface area (TPSA) is 72.5 Å². The van der Waals surface area contributed by atoms with Gasteiger partial charge in [0.2, 0.25) is 0 Å². The number of sulfone groups is 1. The van der Waals surface area contributed by atoms with Gasteiger partial charge in [-0.1, -0.05) is 23.8 Å². The Morgan fingerprint density at radius 1 is 1.33 bits per heavy atom. The lowest BCUT2D eigenvalue weighted by molar-refractivity contribution is -0.140. The number of ether oxygens (including phenoxy) is 1. The van der Waals surface area contributed by atoms with Crippen LogP contribution in [0.25, 0.3) is 0 Å². The number of nitrogens with one attached hydrogen (secondary N) is 1. The van der Waals surface area contributed by atoms with Gasteiger partial charge in [-0.25, -0.2) is 8.42 Å². The fraction of sp³-hybridized carbons (Fsp3) is 0.533. The van der Waals surface area contributed by atoms with Crippen molar-refractivity contribution in [2.45, 2.75) is 26.3 Å². The zero-order valence-electron chi connectivity index (χ0n) is 13.0. The molecule has 1 atom stereocenters. The minimum Gasteiger partial charge on any atom is -0.469 e. The van der Waals surface area contributed by atoms with Crippen molar-refractivity contribution >= 4 is 15.8 Å². The van der Waals surface area contributed by atoms with Gasteiger partial charge < -0.3 is 10.1 Å². The largest absolute Gasteiger partial charge is 0.469 e. The van der Waals surface area contributed by atoms with E-state index in [-0.39, 0.29) is 24.0 Å². The van der Waals surface area contributed by atoms with Gasteiger partial charge in [-0.15, -0.1) is 0 Å². The molecule has 5 nitrogen and oxygen atoms in total. The quantitative estimate of drug-likeness (QED) is 0.773. The Kier molecular flexibility index (Phi) is 6.36. The van der Waals surface area contributed by atoms with E-state index in [0.717, 1.165) is 16.7 Å². The van der Waals surface area contributed by atoms with Crippen molar-refractivity contribution in [2.24, 2.45) is 0 Å². The third kappa shape index (κ3) is 5.47. The second-order valence-electron chi connectivity index (χ2n) is 5.14. The first-order chi connectivity index (χ1) is 9.79. The molecule has 0 bridgehead atoms. The maximum Gasteiger partial charge on any atom is 0.306 e. The van der Waals surface area contributed by atoms with Crippen molar-refractivity contribution in [3.63, 3.8) is 0 Å². The molecule has 0 spiro atoms. The summed E-state index contributed by atoms with van der Waals surface area (Å²) in [6, 6.07) is 5.69. The summed E-state index contributed by atoms with van der Waals surface area (Å²) < 4.78 is 28.8. The first kappa shape index (κ1) is 17.7. The van der Waals surface area contributed by atoms with E-state index in [0.29, 0.717) is 0 Å². The maximum atomic E-state index is 12.1. The van der Waals surface area contributed by atoms with Gasteiger partial charge >= 0.3 is 5.97 Å². The number of benzene rings is 1. The Hall–Kier alpha value is -1.40. The lowest BCUT2D eigenvalue weighted by Gasteiger charge is -2.19. The number of hydrogen-bond acceptors (Lipinski definition) is 5. The minimum atomic E-state index is -3.34. The SMILES string of the molecule is CNC(CS(=O)(=O)CCC(=O)OC)c1cc(C)ccc1C. The summed E-state index contributed by atoms with van der Waals surface area (Å²) in [4.78, 5) is 11.1. The van der Waals surface area contributed by atoms with Gasteiger partial charge in [0.15, 0.2) is 9.84 Å². The number of hydrogen-bond donors (Lipinski definition) is 1. The molecule has 0 saturated carbocycles. The fourth-order valence-corrected chi connectivity index (χ4v) is 3.64. The van der Waals surface area contributed by atoms with Crippen molar-refractivity contribution in [3.8, 4) is 0 Å². The summed E-state index contributed by atoms with van der Waals surface area (Å²) in [6.45, 7) is 3.93. The van der Waals surface area contributed by atoms with E-state index in [4.69, 9.17) is 0 Å². The zero-order chi connectivity index (χ0) is 16.0. The van der Waals surface area contributed by atoms with Crippen LogP contribution in [0.2, 0.25) is 0 Å². The molecule has 1 aromatic rings. The maximum absolute atomic E-state index is 12.1. The predicted molar refractivity (Wildman–Crippen MR) is 83.0 cm³/mol. The van der Waals surface area contributed by atoms with Crippen LogP contribution >= 0.6 is 0 Å². The average molecular weight is 313 g/mol. The molecule has 6 heteroatoms. The molecule has 0 amide bonds. The summed E-state index contributed by atoms with van der Waals surface area (Å²) in [6.07, 6.45) is -0.109. The van der Waals surface area contributed by atoms with Gasteiger partial charge in [0, 0.05) is 6.04 Å². The monoisotopic (exact) mass is 313 g/mol. The summed E-state index contributed by atoms with van der Waals surface area (Å²) in [7, 11) is -0.349. The summed E-state index contributed by atoms with van der Waals surface area (Å²) in [5.74, 6) is -0.737. The van der Waals surface area contributed by atoms with Gasteiger partial charge in [0.25, 0.3) is 0 Å². The molecule has 0 aromatic heterocycles. The van der Waals surface area contributed by atoms with Crippen molar-refractivity contribution in [1.29, 1.82) is 0 Å². The normalized spacial score (nSPS) is 13.0. The molecule has 1 N–H and O–H groups in total. The number of aryl methyl sites for hydroxylation is 2. The molecular weight excluding hydrogens is 290 g/mol. The smallest absolute Gasteiger partial charge is 0.306 e. The Balaban J connectivity index is 2.86. The van der Waals surface area contributed by atoms with E-state index < -0.39 is 15.8 Å². The number of esters is 1. The second-order valence-corrected chi connectivity index (χ2v) is 7.37. The molecule has 0 fully saturated rings. The zero-order valence-corrected chi connectivity index (χ0v) is 13.8. The molecule has 1 unspecified atom stereocenters. The van der Waals surface area contributed by atoms with Gasteiger partial charge in [-0.2, -0.15) is 0 Å². The van der Waals surface area contributed by atoms with Crippen LogP contribution < -0.4 is 5.32 Å². The van der Waals surface area contributed by atoms with Gasteiger partial charge in [-0.05, 0) is 32.0 Å². The fourth-order valence-electron chi connectivity index (χ4n) is 2.14. The Bertz CT molecular complexity index is 596. The third-order valence-corrected chi connectivity index (χ3v) is 5.09. The Labute approximate surface area is 126 Å². The van der Waals surface area contributed by atoms with E-state index in [1.165, 1.54) is 7.11 Å². The van der Waals surface area contributed by atoms with Gasteiger partial charge in [0.05, 0.1) is 25.0 Å². The lowest BCUT2D eigenvalue weighted by Crippen LogP contribution is -2.28. The molecular formula is C15H23NO4S. The Morgan fingerprint density at radius 3 is 2.57 bits per heavy atom. The van der Waals surface area contributed by atoms with Crippen molar-refractivity contribution in [1.82, 2.24) is 5.32 Å². The summed E-state index contributed by atoms with van der Waals surface area (Å²) >= 11 is 0. The van der Waals surface area contributed by atoms with Crippen LogP contribution in [-0.4, -0.2) is 40.1 Å². The predicted octanol–water partition coefficient (Wildman–Crippen LogP) is 1.54. The first-order valence-electron chi connectivity index (χ1n) is 6.80. The lowest BCUT2D eigenvalue weighted by atomic mass is 10.0. The minimum absolute atomic E-state index is 0.0369. The number of carbonyl (C=O) groups is 1. The van der Waals surface area contributed by atoms with E-state index in [1.807, 2.05) is 32.0 Å². The van der Waals surface area contributed by atoms with Crippen LogP contribution in [0.4, 0.5) is 0 Å².